The third kappa shape index (κ3) is 4.52. The van der Waals surface area contributed by atoms with Crippen LogP contribution in [0.2, 0.25) is 0 Å². The standard InChI is InChI=1S/C13H20O5/c1-10(14)11-4-5-12(13(8-11)16-3)18-9-17-7-6-15-2/h4-5,8,10,14H,6-7,9H2,1-3H3. The Hall–Kier alpha value is -1.30. The highest BCUT2D eigenvalue weighted by atomic mass is 16.7. The lowest BCUT2D eigenvalue weighted by Crippen LogP contribution is -2.08. The molecule has 102 valence electrons. The second kappa shape index (κ2) is 7.92. The number of aliphatic hydroxyl groups excluding tert-OH is 1. The molecule has 1 aromatic carbocycles. The van der Waals surface area contributed by atoms with Crippen molar-refractivity contribution < 1.29 is 24.1 Å². The van der Waals surface area contributed by atoms with Gasteiger partial charge < -0.3 is 24.1 Å². The number of hydrogen-bond acceptors (Lipinski definition) is 5. The Morgan fingerprint density at radius 3 is 2.56 bits per heavy atom. The fraction of sp³-hybridized carbons (Fsp3) is 0.538. The van der Waals surface area contributed by atoms with E-state index in [1.807, 2.05) is 0 Å². The number of ether oxygens (including phenoxy) is 4. The van der Waals surface area contributed by atoms with Gasteiger partial charge in [0.25, 0.3) is 0 Å². The smallest absolute Gasteiger partial charge is 0.189 e. The first kappa shape index (κ1) is 14.8. The maximum atomic E-state index is 9.47. The Balaban J connectivity index is 2.54. The second-order valence-electron chi connectivity index (χ2n) is 3.75. The molecule has 0 aliphatic heterocycles. The van der Waals surface area contributed by atoms with Crippen LogP contribution in [0.5, 0.6) is 11.5 Å². The van der Waals surface area contributed by atoms with E-state index in [9.17, 15) is 5.11 Å². The second-order valence-corrected chi connectivity index (χ2v) is 3.75. The van der Waals surface area contributed by atoms with Gasteiger partial charge in [0.05, 0.1) is 26.4 Å². The first-order valence-corrected chi connectivity index (χ1v) is 5.74. The van der Waals surface area contributed by atoms with E-state index in [4.69, 9.17) is 18.9 Å². The lowest BCUT2D eigenvalue weighted by molar-refractivity contribution is -0.00947. The summed E-state index contributed by atoms with van der Waals surface area (Å²) in [6, 6.07) is 5.29. The van der Waals surface area contributed by atoms with Gasteiger partial charge in [-0.05, 0) is 24.6 Å². The van der Waals surface area contributed by atoms with Crippen LogP contribution in [0.4, 0.5) is 0 Å². The van der Waals surface area contributed by atoms with Crippen LogP contribution in [0.15, 0.2) is 18.2 Å². The van der Waals surface area contributed by atoms with Gasteiger partial charge in [-0.3, -0.25) is 0 Å². The summed E-state index contributed by atoms with van der Waals surface area (Å²) in [5.74, 6) is 1.16. The maximum Gasteiger partial charge on any atom is 0.189 e. The van der Waals surface area contributed by atoms with Gasteiger partial charge in [-0.25, -0.2) is 0 Å². The van der Waals surface area contributed by atoms with Crippen molar-refractivity contribution in [3.05, 3.63) is 23.8 Å². The van der Waals surface area contributed by atoms with Crippen LogP contribution in [0, 0.1) is 0 Å². The van der Waals surface area contributed by atoms with E-state index in [0.29, 0.717) is 24.7 Å². The van der Waals surface area contributed by atoms with Crippen molar-refractivity contribution in [2.24, 2.45) is 0 Å². The minimum atomic E-state index is -0.536. The molecular weight excluding hydrogens is 236 g/mol. The Kier molecular flexibility index (Phi) is 6.49. The molecule has 0 radical (unpaired) electrons. The highest BCUT2D eigenvalue weighted by Gasteiger charge is 2.08. The van der Waals surface area contributed by atoms with Crippen LogP contribution < -0.4 is 9.47 Å². The molecule has 0 amide bonds. The van der Waals surface area contributed by atoms with Crippen LogP contribution in [0.25, 0.3) is 0 Å². The largest absolute Gasteiger partial charge is 0.493 e. The minimum absolute atomic E-state index is 0.133. The third-order valence-electron chi connectivity index (χ3n) is 2.40. The Morgan fingerprint density at radius 2 is 1.94 bits per heavy atom. The molecular formula is C13H20O5. The molecule has 0 saturated heterocycles. The first-order valence-electron chi connectivity index (χ1n) is 5.74. The van der Waals surface area contributed by atoms with Crippen molar-refractivity contribution in [3.8, 4) is 11.5 Å². The molecule has 0 aromatic heterocycles. The van der Waals surface area contributed by atoms with E-state index in [2.05, 4.69) is 0 Å². The van der Waals surface area contributed by atoms with E-state index in [1.165, 1.54) is 0 Å². The van der Waals surface area contributed by atoms with Gasteiger partial charge in [-0.2, -0.15) is 0 Å². The number of rotatable bonds is 8. The molecule has 0 aliphatic carbocycles. The number of hydrogen-bond donors (Lipinski definition) is 1. The molecule has 0 spiro atoms. The summed E-state index contributed by atoms with van der Waals surface area (Å²) in [5.41, 5.74) is 0.777. The summed E-state index contributed by atoms with van der Waals surface area (Å²) >= 11 is 0. The van der Waals surface area contributed by atoms with Gasteiger partial charge in [-0.15, -0.1) is 0 Å². The normalized spacial score (nSPS) is 12.2. The molecule has 1 N–H and O–H groups in total. The lowest BCUT2D eigenvalue weighted by Gasteiger charge is -2.13. The molecule has 1 rings (SSSR count). The monoisotopic (exact) mass is 256 g/mol. The molecule has 5 heteroatoms. The summed E-state index contributed by atoms with van der Waals surface area (Å²) in [7, 11) is 3.17. The summed E-state index contributed by atoms with van der Waals surface area (Å²) in [5, 5.41) is 9.47. The summed E-state index contributed by atoms with van der Waals surface area (Å²) in [6.07, 6.45) is -0.536. The predicted molar refractivity (Wildman–Crippen MR) is 67.0 cm³/mol. The van der Waals surface area contributed by atoms with Crippen LogP contribution in [0.1, 0.15) is 18.6 Å². The van der Waals surface area contributed by atoms with Gasteiger partial charge >= 0.3 is 0 Å². The average molecular weight is 256 g/mol. The van der Waals surface area contributed by atoms with Crippen LogP contribution >= 0.6 is 0 Å². The van der Waals surface area contributed by atoms with Gasteiger partial charge in [0, 0.05) is 7.11 Å². The SMILES string of the molecule is COCCOCOc1ccc(C(C)O)cc1OC. The Morgan fingerprint density at radius 1 is 1.17 bits per heavy atom. The van der Waals surface area contributed by atoms with Gasteiger partial charge in [-0.1, -0.05) is 6.07 Å². The number of methoxy groups -OCH3 is 2. The lowest BCUT2D eigenvalue weighted by atomic mass is 10.1. The first-order chi connectivity index (χ1) is 8.69. The van der Waals surface area contributed by atoms with E-state index >= 15 is 0 Å². The molecule has 0 fully saturated rings. The fourth-order valence-electron chi connectivity index (χ4n) is 1.37. The van der Waals surface area contributed by atoms with Crippen molar-refractivity contribution in [1.29, 1.82) is 0 Å². The van der Waals surface area contributed by atoms with Crippen molar-refractivity contribution in [2.75, 3.05) is 34.2 Å². The number of benzene rings is 1. The van der Waals surface area contributed by atoms with E-state index in [-0.39, 0.29) is 6.79 Å². The molecule has 5 nitrogen and oxygen atoms in total. The molecule has 1 unspecified atom stereocenters. The number of aliphatic hydroxyl groups is 1. The molecule has 0 heterocycles. The van der Waals surface area contributed by atoms with Crippen molar-refractivity contribution >= 4 is 0 Å². The Labute approximate surface area is 107 Å². The van der Waals surface area contributed by atoms with Crippen molar-refractivity contribution in [1.82, 2.24) is 0 Å². The highest BCUT2D eigenvalue weighted by Crippen LogP contribution is 2.30. The topological polar surface area (TPSA) is 57.2 Å². The van der Waals surface area contributed by atoms with Gasteiger partial charge in [0.2, 0.25) is 0 Å². The Bertz CT molecular complexity index is 351. The molecule has 0 aliphatic rings. The zero-order valence-corrected chi connectivity index (χ0v) is 11.0. The summed E-state index contributed by atoms with van der Waals surface area (Å²) < 4.78 is 20.7. The summed E-state index contributed by atoms with van der Waals surface area (Å²) in [4.78, 5) is 0. The molecule has 1 aromatic rings. The molecule has 18 heavy (non-hydrogen) atoms. The average Bonchev–Trinajstić information content (AvgIpc) is 2.38. The predicted octanol–water partition coefficient (Wildman–Crippen LogP) is 1.75. The van der Waals surface area contributed by atoms with E-state index in [0.717, 1.165) is 5.56 Å². The zero-order chi connectivity index (χ0) is 13.4. The van der Waals surface area contributed by atoms with Crippen LogP contribution in [-0.2, 0) is 9.47 Å². The quantitative estimate of drug-likeness (QED) is 0.567. The minimum Gasteiger partial charge on any atom is -0.493 e. The molecule has 0 bridgehead atoms. The fourth-order valence-corrected chi connectivity index (χ4v) is 1.37. The maximum absolute atomic E-state index is 9.47. The van der Waals surface area contributed by atoms with Crippen molar-refractivity contribution in [3.63, 3.8) is 0 Å². The van der Waals surface area contributed by atoms with Crippen molar-refractivity contribution in [2.45, 2.75) is 13.0 Å². The van der Waals surface area contributed by atoms with E-state index in [1.54, 1.807) is 39.3 Å². The zero-order valence-electron chi connectivity index (χ0n) is 11.0. The molecule has 1 atom stereocenters. The van der Waals surface area contributed by atoms with E-state index < -0.39 is 6.10 Å². The van der Waals surface area contributed by atoms with Gasteiger partial charge in [0.15, 0.2) is 18.3 Å². The van der Waals surface area contributed by atoms with Gasteiger partial charge in [0.1, 0.15) is 0 Å². The summed E-state index contributed by atoms with van der Waals surface area (Å²) in [6.45, 7) is 2.84. The molecule has 0 saturated carbocycles. The van der Waals surface area contributed by atoms with Crippen LogP contribution in [0.3, 0.4) is 0 Å². The van der Waals surface area contributed by atoms with Crippen LogP contribution in [-0.4, -0.2) is 39.3 Å². The highest BCUT2D eigenvalue weighted by molar-refractivity contribution is 5.43. The third-order valence-corrected chi connectivity index (χ3v) is 2.40.